The average Bonchev–Trinajstić information content (AvgIpc) is 3.25. The molecule has 0 bridgehead atoms. The zero-order valence-electron chi connectivity index (χ0n) is 19.8. The van der Waals surface area contributed by atoms with Crippen molar-refractivity contribution >= 4 is 29.3 Å². The number of carbonyl (C=O) groups excluding carboxylic acids is 1. The third-order valence-corrected chi connectivity index (χ3v) is 7.80. The lowest BCUT2D eigenvalue weighted by molar-refractivity contribution is -0.120. The molecule has 1 heterocycles. The van der Waals surface area contributed by atoms with Crippen LogP contribution in [0.15, 0.2) is 53.7 Å². The summed E-state index contributed by atoms with van der Waals surface area (Å²) < 4.78 is 7.53. The van der Waals surface area contributed by atoms with E-state index in [-0.39, 0.29) is 17.7 Å². The predicted molar refractivity (Wildman–Crippen MR) is 138 cm³/mol. The summed E-state index contributed by atoms with van der Waals surface area (Å²) in [6.45, 7) is 7.07. The minimum Gasteiger partial charge on any atom is -0.494 e. The Labute approximate surface area is 210 Å². The lowest BCUT2D eigenvalue weighted by Gasteiger charge is -2.34. The highest BCUT2D eigenvalue weighted by Crippen LogP contribution is 2.33. The first-order chi connectivity index (χ1) is 16.5. The zero-order chi connectivity index (χ0) is 24.1. The van der Waals surface area contributed by atoms with E-state index in [1.807, 2.05) is 60.0 Å². The van der Waals surface area contributed by atoms with Gasteiger partial charge in [-0.2, -0.15) is 0 Å². The molecule has 0 unspecified atom stereocenters. The number of nitrogens with one attached hydrogen (secondary N) is 1. The van der Waals surface area contributed by atoms with E-state index in [2.05, 4.69) is 29.4 Å². The largest absolute Gasteiger partial charge is 0.494 e. The number of aromatic nitrogens is 3. The van der Waals surface area contributed by atoms with Crippen LogP contribution >= 0.6 is 23.4 Å². The van der Waals surface area contributed by atoms with Gasteiger partial charge in [0.05, 0.1) is 17.4 Å². The van der Waals surface area contributed by atoms with Crippen molar-refractivity contribution in [2.75, 3.05) is 12.4 Å². The summed E-state index contributed by atoms with van der Waals surface area (Å²) in [5, 5.41) is 13.3. The molecule has 2 aromatic carbocycles. The van der Waals surface area contributed by atoms with E-state index < -0.39 is 0 Å². The molecule has 3 atom stereocenters. The molecule has 8 heteroatoms. The maximum absolute atomic E-state index is 12.8. The molecule has 0 spiro atoms. The number of ether oxygens (including phenoxy) is 1. The number of nitrogens with zero attached hydrogens (tertiary/aromatic N) is 3. The molecule has 6 nitrogen and oxygen atoms in total. The van der Waals surface area contributed by atoms with Crippen LogP contribution in [-0.4, -0.2) is 39.1 Å². The van der Waals surface area contributed by atoms with Crippen molar-refractivity contribution in [1.82, 2.24) is 20.1 Å². The number of hydrogen-bond acceptors (Lipinski definition) is 5. The topological polar surface area (TPSA) is 69.0 Å². The van der Waals surface area contributed by atoms with Crippen LogP contribution in [0, 0.1) is 11.8 Å². The molecule has 1 N–H and O–H groups in total. The van der Waals surface area contributed by atoms with Gasteiger partial charge in [-0.05, 0) is 61.6 Å². The SMILES string of the molecule is CCOc1ccc(-n2c(SCC(=O)N[C@@H]3CCC[C@@H](C)[C@@H]3C)nnc2-c2ccccc2Cl)cc1. The maximum atomic E-state index is 12.8. The molecule has 1 aromatic heterocycles. The third-order valence-electron chi connectivity index (χ3n) is 6.54. The van der Waals surface area contributed by atoms with Crippen LogP contribution in [0.25, 0.3) is 17.1 Å². The Hall–Kier alpha value is -2.51. The molecule has 1 amide bonds. The predicted octanol–water partition coefficient (Wildman–Crippen LogP) is 6.02. The van der Waals surface area contributed by atoms with Crippen LogP contribution in [0.1, 0.15) is 40.0 Å². The number of thioether (sulfide) groups is 1. The molecule has 34 heavy (non-hydrogen) atoms. The van der Waals surface area contributed by atoms with Crippen molar-refractivity contribution in [3.8, 4) is 22.8 Å². The standard InChI is InChI=1S/C26H31ClN4O2S/c1-4-33-20-14-12-19(13-15-20)31-25(21-9-5-6-10-22(21)27)29-30-26(31)34-16-24(32)28-23-11-7-8-17(2)18(23)3/h5-6,9-10,12-15,17-18,23H,4,7-8,11,16H2,1-3H3,(H,28,32)/t17-,18+,23-/m1/s1. The van der Waals surface area contributed by atoms with Crippen LogP contribution in [0.5, 0.6) is 5.75 Å². The normalized spacial score (nSPS) is 20.2. The zero-order valence-corrected chi connectivity index (χ0v) is 21.4. The van der Waals surface area contributed by atoms with Crippen LogP contribution in [-0.2, 0) is 4.79 Å². The Bertz CT molecular complexity index is 1120. The minimum absolute atomic E-state index is 0.0245. The average molecular weight is 499 g/mol. The Kier molecular flexibility index (Phi) is 8.16. The summed E-state index contributed by atoms with van der Waals surface area (Å²) in [7, 11) is 0. The maximum Gasteiger partial charge on any atom is 0.230 e. The van der Waals surface area contributed by atoms with Gasteiger partial charge in [0.2, 0.25) is 5.91 Å². The molecule has 1 aliphatic carbocycles. The molecule has 1 fully saturated rings. The van der Waals surface area contributed by atoms with Crippen LogP contribution in [0.3, 0.4) is 0 Å². The van der Waals surface area contributed by atoms with Crippen molar-refractivity contribution in [2.24, 2.45) is 11.8 Å². The summed E-state index contributed by atoms with van der Waals surface area (Å²) in [5.41, 5.74) is 1.66. The van der Waals surface area contributed by atoms with E-state index >= 15 is 0 Å². The molecule has 1 aliphatic rings. The van der Waals surface area contributed by atoms with Gasteiger partial charge in [0.25, 0.3) is 0 Å². The van der Waals surface area contributed by atoms with Gasteiger partial charge >= 0.3 is 0 Å². The second kappa shape index (κ2) is 11.3. The second-order valence-corrected chi connectivity index (χ2v) is 10.1. The number of halogens is 1. The Morgan fingerprint density at radius 1 is 1.15 bits per heavy atom. The highest BCUT2D eigenvalue weighted by molar-refractivity contribution is 7.99. The molecule has 1 saturated carbocycles. The van der Waals surface area contributed by atoms with Crippen molar-refractivity contribution in [3.63, 3.8) is 0 Å². The fraction of sp³-hybridized carbons (Fsp3) is 0.423. The summed E-state index contributed by atoms with van der Waals surface area (Å²) in [6, 6.07) is 15.6. The number of hydrogen-bond donors (Lipinski definition) is 1. The molecular weight excluding hydrogens is 468 g/mol. The summed E-state index contributed by atoms with van der Waals surface area (Å²) in [5.74, 6) is 2.84. The molecule has 0 aliphatic heterocycles. The van der Waals surface area contributed by atoms with Gasteiger partial charge in [0.15, 0.2) is 11.0 Å². The van der Waals surface area contributed by atoms with Crippen molar-refractivity contribution in [2.45, 2.75) is 51.2 Å². The van der Waals surface area contributed by atoms with Gasteiger partial charge in [-0.15, -0.1) is 10.2 Å². The molecule has 3 aromatic rings. The molecule has 4 rings (SSSR count). The van der Waals surface area contributed by atoms with Crippen LogP contribution in [0.4, 0.5) is 0 Å². The first-order valence-corrected chi connectivity index (χ1v) is 13.2. The fourth-order valence-corrected chi connectivity index (χ4v) is 5.42. The van der Waals surface area contributed by atoms with Gasteiger partial charge in [0.1, 0.15) is 5.75 Å². The van der Waals surface area contributed by atoms with E-state index in [9.17, 15) is 4.79 Å². The number of carbonyl (C=O) groups is 1. The summed E-state index contributed by atoms with van der Waals surface area (Å²) >= 11 is 7.86. The minimum atomic E-state index is 0.0245. The van der Waals surface area contributed by atoms with Gasteiger partial charge in [-0.1, -0.05) is 62.2 Å². The van der Waals surface area contributed by atoms with Crippen LogP contribution < -0.4 is 10.1 Å². The van der Waals surface area contributed by atoms with Gasteiger partial charge in [-0.3, -0.25) is 9.36 Å². The Morgan fingerprint density at radius 3 is 2.65 bits per heavy atom. The highest BCUT2D eigenvalue weighted by atomic mass is 35.5. The van der Waals surface area contributed by atoms with Gasteiger partial charge < -0.3 is 10.1 Å². The van der Waals surface area contributed by atoms with Crippen molar-refractivity contribution in [3.05, 3.63) is 53.6 Å². The lowest BCUT2D eigenvalue weighted by Crippen LogP contribution is -2.44. The number of amides is 1. The van der Waals surface area contributed by atoms with Crippen LogP contribution in [0.2, 0.25) is 5.02 Å². The molecule has 0 saturated heterocycles. The number of rotatable bonds is 8. The quantitative estimate of drug-likeness (QED) is 0.384. The summed E-state index contributed by atoms with van der Waals surface area (Å²) in [4.78, 5) is 12.8. The number of benzene rings is 2. The fourth-order valence-electron chi connectivity index (χ4n) is 4.44. The Morgan fingerprint density at radius 2 is 1.91 bits per heavy atom. The monoisotopic (exact) mass is 498 g/mol. The molecule has 0 radical (unpaired) electrons. The Balaban J connectivity index is 1.57. The molecular formula is C26H31ClN4O2S. The molecule has 180 valence electrons. The first-order valence-electron chi connectivity index (χ1n) is 11.8. The highest BCUT2D eigenvalue weighted by Gasteiger charge is 2.28. The third kappa shape index (κ3) is 5.58. The van der Waals surface area contributed by atoms with Crippen molar-refractivity contribution in [1.29, 1.82) is 0 Å². The smallest absolute Gasteiger partial charge is 0.230 e. The van der Waals surface area contributed by atoms with Gasteiger partial charge in [0, 0.05) is 17.3 Å². The van der Waals surface area contributed by atoms with E-state index in [1.165, 1.54) is 18.2 Å². The first kappa shape index (κ1) is 24.6. The van der Waals surface area contributed by atoms with E-state index in [0.717, 1.165) is 29.8 Å². The van der Waals surface area contributed by atoms with E-state index in [4.69, 9.17) is 16.3 Å². The van der Waals surface area contributed by atoms with E-state index in [1.54, 1.807) is 0 Å². The second-order valence-electron chi connectivity index (χ2n) is 8.78. The van der Waals surface area contributed by atoms with Gasteiger partial charge in [-0.25, -0.2) is 0 Å². The van der Waals surface area contributed by atoms with Crippen molar-refractivity contribution < 1.29 is 9.53 Å². The summed E-state index contributed by atoms with van der Waals surface area (Å²) in [6.07, 6.45) is 3.44. The van der Waals surface area contributed by atoms with E-state index in [0.29, 0.717) is 34.4 Å². The lowest BCUT2D eigenvalue weighted by atomic mass is 9.78.